The van der Waals surface area contributed by atoms with E-state index < -0.39 is 0 Å². The van der Waals surface area contributed by atoms with E-state index in [2.05, 4.69) is 48.9 Å². The molecule has 1 aliphatic rings. The Morgan fingerprint density at radius 3 is 1.84 bits per heavy atom. The zero-order valence-electron chi connectivity index (χ0n) is 35.3. The van der Waals surface area contributed by atoms with Gasteiger partial charge in [0.15, 0.2) is 0 Å². The highest BCUT2D eigenvalue weighted by molar-refractivity contribution is 7.59. The molecule has 312 valence electrons. The number of anilines is 2. The van der Waals surface area contributed by atoms with Crippen molar-refractivity contribution in [2.45, 2.75) is 105 Å². The smallest absolute Gasteiger partial charge is 0.253 e. The summed E-state index contributed by atoms with van der Waals surface area (Å²) in [5.74, 6) is 1.53. The lowest BCUT2D eigenvalue weighted by Crippen LogP contribution is -2.24. The maximum Gasteiger partial charge on any atom is 0.253 e. The summed E-state index contributed by atoms with van der Waals surface area (Å²) in [5.41, 5.74) is 15.4. The normalized spacial score (nSPS) is 14.1. The second-order valence-corrected chi connectivity index (χ2v) is 15.5. The van der Waals surface area contributed by atoms with Gasteiger partial charge in [0.1, 0.15) is 5.82 Å². The maximum absolute atomic E-state index is 12.1. The average molecular weight is 821 g/mol. The predicted molar refractivity (Wildman–Crippen MR) is 245 cm³/mol. The number of imidazole rings is 1. The van der Waals surface area contributed by atoms with Gasteiger partial charge >= 0.3 is 0 Å². The van der Waals surface area contributed by atoms with Crippen LogP contribution in [0.4, 0.5) is 11.4 Å². The van der Waals surface area contributed by atoms with Crippen LogP contribution in [0.3, 0.4) is 0 Å². The van der Waals surface area contributed by atoms with E-state index in [0.717, 1.165) is 88.5 Å². The Bertz CT molecular complexity index is 2150. The Hall–Kier alpha value is -4.01. The molecule has 5 aromatic rings. The average Bonchev–Trinajstić information content (AvgIpc) is 3.49. The summed E-state index contributed by atoms with van der Waals surface area (Å²) in [4.78, 5) is 29.0. The lowest BCUT2D eigenvalue weighted by Gasteiger charge is -2.24. The second-order valence-electron chi connectivity index (χ2n) is 15.5. The van der Waals surface area contributed by atoms with Crippen LogP contribution in [0.2, 0.25) is 0 Å². The number of benzene rings is 2. The minimum atomic E-state index is 0. The zero-order valence-corrected chi connectivity index (χ0v) is 37.3. The fraction of sp³-hybridized carbons (Fsp3) is 0.477. The van der Waals surface area contributed by atoms with Gasteiger partial charge in [0.05, 0.1) is 53.4 Å². The van der Waals surface area contributed by atoms with Crippen molar-refractivity contribution >= 4 is 49.4 Å². The van der Waals surface area contributed by atoms with Crippen LogP contribution in [-0.2, 0) is 34.9 Å². The third-order valence-corrected chi connectivity index (χ3v) is 9.84. The number of pyridine rings is 2. The van der Waals surface area contributed by atoms with Crippen LogP contribution >= 0.6 is 27.0 Å². The van der Waals surface area contributed by atoms with Gasteiger partial charge in [-0.3, -0.25) is 9.59 Å². The van der Waals surface area contributed by atoms with Crippen molar-refractivity contribution in [2.24, 2.45) is 14.1 Å². The number of nitrogens with two attached hydrogens (primary N) is 1. The number of ether oxygens (including phenoxy) is 3. The summed E-state index contributed by atoms with van der Waals surface area (Å²) >= 11 is 0. The van der Waals surface area contributed by atoms with Gasteiger partial charge in [-0.05, 0) is 127 Å². The maximum atomic E-state index is 12.1. The molecular weight excluding hydrogens is 757 g/mol. The van der Waals surface area contributed by atoms with Gasteiger partial charge in [-0.2, -0.15) is 27.0 Å². The molecule has 4 heterocycles. The molecule has 11 nitrogen and oxygen atoms in total. The minimum Gasteiger partial charge on any atom is -0.397 e. The van der Waals surface area contributed by atoms with Crippen molar-refractivity contribution in [2.75, 3.05) is 30.8 Å². The Morgan fingerprint density at radius 2 is 1.30 bits per heavy atom. The number of hydrogen-bond acceptors (Lipinski definition) is 8. The molecule has 3 N–H and O–H groups in total. The Kier molecular flexibility index (Phi) is 17.6. The fourth-order valence-corrected chi connectivity index (χ4v) is 7.27. The number of aromatic nitrogens is 4. The molecule has 0 radical (unpaired) electrons. The van der Waals surface area contributed by atoms with Crippen LogP contribution in [0.15, 0.2) is 70.5 Å². The third-order valence-electron chi connectivity index (χ3n) is 9.84. The Labute approximate surface area is 351 Å². The molecule has 0 unspecified atom stereocenters. The van der Waals surface area contributed by atoms with Crippen LogP contribution < -0.4 is 22.2 Å². The first-order valence-corrected chi connectivity index (χ1v) is 19.5. The van der Waals surface area contributed by atoms with Gasteiger partial charge in [-0.15, -0.1) is 0 Å². The molecule has 0 saturated carbocycles. The number of fused-ring (bicyclic) bond motifs is 1. The molecule has 1 aliphatic heterocycles. The molecule has 0 spiro atoms. The zero-order chi connectivity index (χ0) is 40.0. The number of nitrogens with one attached hydrogen (secondary N) is 1. The number of aryl methyl sites for hydroxylation is 4. The summed E-state index contributed by atoms with van der Waals surface area (Å²) < 4.78 is 23.0. The Balaban J connectivity index is 0.000000305. The largest absolute Gasteiger partial charge is 0.397 e. The van der Waals surface area contributed by atoms with Gasteiger partial charge in [0.25, 0.3) is 11.1 Å². The van der Waals surface area contributed by atoms with Crippen LogP contribution in [-0.4, -0.2) is 62.9 Å². The van der Waals surface area contributed by atoms with Crippen LogP contribution in [0.1, 0.15) is 77.3 Å². The predicted octanol–water partition coefficient (Wildman–Crippen LogP) is 7.81. The van der Waals surface area contributed by atoms with Gasteiger partial charge in [0.2, 0.25) is 0 Å². The van der Waals surface area contributed by atoms with Crippen molar-refractivity contribution in [1.82, 2.24) is 18.7 Å². The Morgan fingerprint density at radius 1 is 0.772 bits per heavy atom. The van der Waals surface area contributed by atoms with E-state index in [1.54, 1.807) is 23.2 Å². The summed E-state index contributed by atoms with van der Waals surface area (Å²) in [6.07, 6.45) is 6.29. The molecule has 6 rings (SSSR count). The van der Waals surface area contributed by atoms with E-state index in [1.807, 2.05) is 77.3 Å². The minimum absolute atomic E-state index is 0. The molecule has 13 heteroatoms. The SMILES string of the molecule is Cc1cc(-c2ccc(N)c(NC[C@H](C)OC(C)C)c2)cn(C)c1=O.Cc1cc(-c2ccc3nc(C4CCOCC4)n(C[C@H](C)OC(C)C)c3c2)cn(C)c1=O.S.S. The molecule has 1 saturated heterocycles. The summed E-state index contributed by atoms with van der Waals surface area (Å²) in [7, 11) is 3.57. The topological polar surface area (TPSA) is 128 Å². The van der Waals surface area contributed by atoms with E-state index in [0.29, 0.717) is 18.2 Å². The van der Waals surface area contributed by atoms with Gasteiger partial charge in [-0.25, -0.2) is 4.98 Å². The molecule has 0 amide bonds. The van der Waals surface area contributed by atoms with Crippen molar-refractivity contribution in [1.29, 1.82) is 0 Å². The highest BCUT2D eigenvalue weighted by Gasteiger charge is 2.24. The first-order valence-electron chi connectivity index (χ1n) is 19.5. The van der Waals surface area contributed by atoms with E-state index in [1.165, 1.54) is 0 Å². The van der Waals surface area contributed by atoms with Crippen molar-refractivity contribution in [3.63, 3.8) is 0 Å². The first kappa shape index (κ1) is 47.4. The highest BCUT2D eigenvalue weighted by Crippen LogP contribution is 2.32. The van der Waals surface area contributed by atoms with E-state index in [9.17, 15) is 9.59 Å². The first-order chi connectivity index (χ1) is 26.1. The molecular formula is C44H64N6O5S2. The lowest BCUT2D eigenvalue weighted by atomic mass is 9.99. The van der Waals surface area contributed by atoms with E-state index in [4.69, 9.17) is 24.9 Å². The monoisotopic (exact) mass is 820 g/mol. The summed E-state index contributed by atoms with van der Waals surface area (Å²) in [6, 6.07) is 16.1. The number of nitrogens with zero attached hydrogens (tertiary/aromatic N) is 4. The van der Waals surface area contributed by atoms with Crippen molar-refractivity contribution in [3.8, 4) is 22.3 Å². The molecule has 57 heavy (non-hydrogen) atoms. The van der Waals surface area contributed by atoms with Crippen LogP contribution in [0.5, 0.6) is 0 Å². The molecule has 3 aromatic heterocycles. The molecule has 0 aliphatic carbocycles. The standard InChI is InChI=1S/C25H33N3O3.C19H27N3O2.2H2S/c1-16(2)31-18(4)14-28-23-13-20(21-12-17(3)25(29)27(5)15-21)6-7-22(23)26-24(28)19-8-10-30-11-9-19;1-12(2)24-14(4)10-21-18-9-15(6-7-17(18)20)16-8-13(3)19(23)22(5)11-16;;/h6-7,12-13,15-16,18-19H,8-11,14H2,1-5H3;6-9,11-12,14,21H,10,20H2,1-5H3;2*1H2/t18-;14-;;/m00../s1. The van der Waals surface area contributed by atoms with Crippen LogP contribution in [0.25, 0.3) is 33.3 Å². The molecule has 2 aromatic carbocycles. The van der Waals surface area contributed by atoms with E-state index in [-0.39, 0.29) is 62.5 Å². The lowest BCUT2D eigenvalue weighted by molar-refractivity contribution is 0.00922. The van der Waals surface area contributed by atoms with Crippen molar-refractivity contribution in [3.05, 3.63) is 98.6 Å². The van der Waals surface area contributed by atoms with Gasteiger partial charge in [0, 0.05) is 63.3 Å². The number of nitrogen functional groups attached to an aromatic ring is 1. The quantitative estimate of drug-likeness (QED) is 0.122. The second kappa shape index (κ2) is 21.1. The highest BCUT2D eigenvalue weighted by atomic mass is 32.1. The van der Waals surface area contributed by atoms with Gasteiger partial charge in [-0.1, -0.05) is 12.1 Å². The summed E-state index contributed by atoms with van der Waals surface area (Å²) in [5, 5.41) is 3.35. The van der Waals surface area contributed by atoms with Gasteiger partial charge < -0.3 is 39.0 Å². The van der Waals surface area contributed by atoms with E-state index >= 15 is 0 Å². The number of rotatable bonds is 12. The third kappa shape index (κ3) is 12.2. The fourth-order valence-electron chi connectivity index (χ4n) is 7.27. The summed E-state index contributed by atoms with van der Waals surface area (Å²) in [6.45, 7) is 19.0. The number of hydrogen-bond donors (Lipinski definition) is 2. The van der Waals surface area contributed by atoms with Crippen LogP contribution in [0, 0.1) is 13.8 Å². The van der Waals surface area contributed by atoms with Crippen molar-refractivity contribution < 1.29 is 14.2 Å². The molecule has 2 atom stereocenters. The molecule has 1 fully saturated rings. The molecule has 0 bridgehead atoms.